The maximum absolute atomic E-state index is 5.60. The van der Waals surface area contributed by atoms with E-state index in [0.717, 1.165) is 6.42 Å². The molecule has 0 aliphatic heterocycles. The lowest BCUT2D eigenvalue weighted by molar-refractivity contribution is -0.0321. The van der Waals surface area contributed by atoms with Crippen LogP contribution in [-0.2, 0) is 4.74 Å². The Morgan fingerprint density at radius 2 is 2.00 bits per heavy atom. The molecule has 1 unspecified atom stereocenters. The van der Waals surface area contributed by atoms with Gasteiger partial charge < -0.3 is 4.74 Å². The van der Waals surface area contributed by atoms with Crippen LogP contribution >= 0.6 is 12.6 Å². The van der Waals surface area contributed by atoms with Crippen LogP contribution in [0.3, 0.4) is 0 Å². The number of hydrogen-bond donors (Lipinski definition) is 1. The molecule has 0 saturated carbocycles. The van der Waals surface area contributed by atoms with E-state index in [1.807, 2.05) is 6.92 Å². The average Bonchev–Trinajstić information content (AvgIpc) is 1.81. The average molecular weight is 176 g/mol. The highest BCUT2D eigenvalue weighted by Gasteiger charge is 2.18. The molecule has 1 nitrogen and oxygen atoms in total. The van der Waals surface area contributed by atoms with Crippen LogP contribution in [0.25, 0.3) is 0 Å². The molecule has 0 radical (unpaired) electrons. The van der Waals surface area contributed by atoms with Gasteiger partial charge in [0.2, 0.25) is 0 Å². The predicted molar refractivity (Wildman–Crippen MR) is 53.1 cm³/mol. The molecule has 0 amide bonds. The minimum Gasteiger partial charge on any atom is -0.362 e. The Labute approximate surface area is 75.9 Å². The molecule has 11 heavy (non-hydrogen) atoms. The van der Waals surface area contributed by atoms with Gasteiger partial charge in [-0.3, -0.25) is 0 Å². The van der Waals surface area contributed by atoms with E-state index in [9.17, 15) is 0 Å². The molecule has 68 valence electrons. The predicted octanol–water partition coefficient (Wildman–Crippen LogP) is 3.25. The van der Waals surface area contributed by atoms with Gasteiger partial charge in [0.05, 0.1) is 11.0 Å². The molecule has 0 N–H and O–H groups in total. The Morgan fingerprint density at radius 3 is 2.36 bits per heavy atom. The first-order valence-corrected chi connectivity index (χ1v) is 4.85. The first-order chi connectivity index (χ1) is 4.98. The summed E-state index contributed by atoms with van der Waals surface area (Å²) in [6.45, 7) is 8.39. The van der Waals surface area contributed by atoms with Crippen LogP contribution in [-0.4, -0.2) is 11.0 Å². The highest BCUT2D eigenvalue weighted by Crippen LogP contribution is 2.20. The van der Waals surface area contributed by atoms with Crippen LogP contribution < -0.4 is 0 Å². The first kappa shape index (κ1) is 11.3. The van der Waals surface area contributed by atoms with E-state index < -0.39 is 0 Å². The second-order valence-electron chi connectivity index (χ2n) is 3.58. The van der Waals surface area contributed by atoms with Crippen molar-refractivity contribution in [3.05, 3.63) is 0 Å². The zero-order chi connectivity index (χ0) is 8.91. The summed E-state index contributed by atoms with van der Waals surface area (Å²) in [5.74, 6) is 0. The molecular weight excluding hydrogens is 156 g/mol. The van der Waals surface area contributed by atoms with Crippen molar-refractivity contribution in [1.82, 2.24) is 0 Å². The molecule has 2 heteroatoms. The summed E-state index contributed by atoms with van der Waals surface area (Å²) in [6, 6.07) is 0. The van der Waals surface area contributed by atoms with Gasteiger partial charge in [0, 0.05) is 0 Å². The highest BCUT2D eigenvalue weighted by atomic mass is 32.1. The standard InChI is InChI=1S/C9H20OS/c1-5-6-7-9(3,4)10-8(2)11/h8,11H,5-7H2,1-4H3. The van der Waals surface area contributed by atoms with Gasteiger partial charge in [-0.15, -0.1) is 12.6 Å². The molecule has 0 heterocycles. The normalized spacial score (nSPS) is 15.0. The summed E-state index contributed by atoms with van der Waals surface area (Å²) in [5, 5.41) is 0. The molecule has 0 aromatic rings. The van der Waals surface area contributed by atoms with Gasteiger partial charge in [-0.2, -0.15) is 0 Å². The zero-order valence-electron chi connectivity index (χ0n) is 8.05. The Kier molecular flexibility index (Phi) is 5.19. The third kappa shape index (κ3) is 6.70. The summed E-state index contributed by atoms with van der Waals surface area (Å²) in [7, 11) is 0. The summed E-state index contributed by atoms with van der Waals surface area (Å²) in [4.78, 5) is 0. The maximum atomic E-state index is 5.60. The molecule has 1 atom stereocenters. The van der Waals surface area contributed by atoms with Gasteiger partial charge in [-0.25, -0.2) is 0 Å². The quantitative estimate of drug-likeness (QED) is 0.500. The van der Waals surface area contributed by atoms with Crippen LogP contribution in [0.15, 0.2) is 0 Å². The fraction of sp³-hybridized carbons (Fsp3) is 1.00. The van der Waals surface area contributed by atoms with Crippen molar-refractivity contribution in [2.75, 3.05) is 0 Å². The second-order valence-corrected chi connectivity index (χ2v) is 4.31. The molecule has 0 saturated heterocycles. The lowest BCUT2D eigenvalue weighted by Gasteiger charge is -2.27. The minimum absolute atomic E-state index is 0.00280. The monoisotopic (exact) mass is 176 g/mol. The Morgan fingerprint density at radius 1 is 1.45 bits per heavy atom. The Hall–Kier alpha value is 0.310. The van der Waals surface area contributed by atoms with Crippen LogP contribution in [0.2, 0.25) is 0 Å². The first-order valence-electron chi connectivity index (χ1n) is 4.34. The summed E-state index contributed by atoms with van der Waals surface area (Å²) in [6.07, 6.45) is 3.58. The fourth-order valence-corrected chi connectivity index (χ4v) is 1.41. The van der Waals surface area contributed by atoms with Gasteiger partial charge in [-0.05, 0) is 27.2 Å². The van der Waals surface area contributed by atoms with E-state index in [1.165, 1.54) is 12.8 Å². The number of ether oxygens (including phenoxy) is 1. The fourth-order valence-electron chi connectivity index (χ4n) is 1.12. The van der Waals surface area contributed by atoms with E-state index in [1.54, 1.807) is 0 Å². The molecular formula is C9H20OS. The minimum atomic E-state index is -0.00280. The van der Waals surface area contributed by atoms with Crippen LogP contribution in [0.5, 0.6) is 0 Å². The van der Waals surface area contributed by atoms with Crippen molar-refractivity contribution >= 4 is 12.6 Å². The van der Waals surface area contributed by atoms with Gasteiger partial charge in [0.15, 0.2) is 0 Å². The van der Waals surface area contributed by atoms with E-state index in [0.29, 0.717) is 0 Å². The molecule has 0 aliphatic carbocycles. The topological polar surface area (TPSA) is 9.23 Å². The molecule has 0 fully saturated rings. The smallest absolute Gasteiger partial charge is 0.0978 e. The van der Waals surface area contributed by atoms with Gasteiger partial charge in [0.25, 0.3) is 0 Å². The number of hydrogen-bond acceptors (Lipinski definition) is 2. The van der Waals surface area contributed by atoms with Crippen molar-refractivity contribution in [3.8, 4) is 0 Å². The van der Waals surface area contributed by atoms with Crippen molar-refractivity contribution in [2.24, 2.45) is 0 Å². The van der Waals surface area contributed by atoms with Gasteiger partial charge in [-0.1, -0.05) is 19.8 Å². The number of rotatable bonds is 5. The molecule has 0 spiro atoms. The van der Waals surface area contributed by atoms with Crippen LogP contribution in [0.1, 0.15) is 47.0 Å². The number of thiol groups is 1. The summed E-state index contributed by atoms with van der Waals surface area (Å²) >= 11 is 4.19. The van der Waals surface area contributed by atoms with Gasteiger partial charge >= 0.3 is 0 Å². The molecule has 0 aromatic carbocycles. The van der Waals surface area contributed by atoms with Crippen LogP contribution in [0.4, 0.5) is 0 Å². The van der Waals surface area contributed by atoms with Crippen molar-refractivity contribution in [2.45, 2.75) is 58.0 Å². The maximum Gasteiger partial charge on any atom is 0.0978 e. The summed E-state index contributed by atoms with van der Waals surface area (Å²) < 4.78 is 5.60. The van der Waals surface area contributed by atoms with Gasteiger partial charge in [0.1, 0.15) is 0 Å². The summed E-state index contributed by atoms with van der Waals surface area (Å²) in [5.41, 5.74) is 0.0406. The SMILES string of the molecule is CCCCC(C)(C)OC(C)S. The second kappa shape index (κ2) is 5.04. The largest absolute Gasteiger partial charge is 0.362 e. The molecule has 0 bridgehead atoms. The lowest BCUT2D eigenvalue weighted by Crippen LogP contribution is -2.26. The zero-order valence-corrected chi connectivity index (χ0v) is 8.95. The highest BCUT2D eigenvalue weighted by molar-refractivity contribution is 7.80. The third-order valence-corrected chi connectivity index (χ3v) is 1.73. The van der Waals surface area contributed by atoms with E-state index >= 15 is 0 Å². The third-order valence-electron chi connectivity index (χ3n) is 1.62. The molecule has 0 aromatic heterocycles. The van der Waals surface area contributed by atoms with Crippen molar-refractivity contribution in [3.63, 3.8) is 0 Å². The van der Waals surface area contributed by atoms with Crippen LogP contribution in [0, 0.1) is 0 Å². The van der Waals surface area contributed by atoms with E-state index in [2.05, 4.69) is 33.4 Å². The lowest BCUT2D eigenvalue weighted by atomic mass is 10.0. The molecule has 0 aliphatic rings. The van der Waals surface area contributed by atoms with Crippen molar-refractivity contribution in [1.29, 1.82) is 0 Å². The Balaban J connectivity index is 3.61. The molecule has 0 rings (SSSR count). The Bertz CT molecular complexity index is 99.7. The number of unbranched alkanes of at least 4 members (excludes halogenated alkanes) is 1. The van der Waals surface area contributed by atoms with E-state index in [4.69, 9.17) is 4.74 Å². The van der Waals surface area contributed by atoms with Crippen molar-refractivity contribution < 1.29 is 4.74 Å². The van der Waals surface area contributed by atoms with E-state index in [-0.39, 0.29) is 11.0 Å².